The molecule has 1 fully saturated rings. The van der Waals surface area contributed by atoms with Crippen LogP contribution in [0.5, 0.6) is 0 Å². The van der Waals surface area contributed by atoms with E-state index in [1.165, 1.54) is 30.3 Å². The molecule has 0 aromatic heterocycles. The maximum Gasteiger partial charge on any atom is 0.246 e. The van der Waals surface area contributed by atoms with E-state index in [4.69, 9.17) is 28.3 Å². The van der Waals surface area contributed by atoms with Crippen LogP contribution in [0.1, 0.15) is 18.4 Å². The smallest absolute Gasteiger partial charge is 0.246 e. The number of benzene rings is 2. The molecule has 2 amide bonds. The number of nitrogens with two attached hydrogens (primary N) is 1. The molecule has 0 bridgehead atoms. The quantitative estimate of drug-likeness (QED) is 0.636. The van der Waals surface area contributed by atoms with Crippen LogP contribution in [0, 0.1) is 5.92 Å². The van der Waals surface area contributed by atoms with Crippen LogP contribution in [-0.4, -0.2) is 38.2 Å². The Hall–Kier alpha value is -2.39. The number of sulfonamides is 1. The lowest BCUT2D eigenvalue weighted by Crippen LogP contribution is -2.40. The van der Waals surface area contributed by atoms with E-state index in [-0.39, 0.29) is 22.6 Å². The Labute approximate surface area is 190 Å². The number of likely N-dealkylation sites (tertiary alicyclic amines) is 1. The summed E-state index contributed by atoms with van der Waals surface area (Å²) in [4.78, 5) is 26.6. The van der Waals surface area contributed by atoms with Gasteiger partial charge in [-0.15, -0.1) is 0 Å². The molecule has 164 valence electrons. The number of hydrogen-bond donors (Lipinski definition) is 2. The summed E-state index contributed by atoms with van der Waals surface area (Å²) < 4.78 is 22.6. The molecule has 7 nitrogen and oxygen atoms in total. The second kappa shape index (κ2) is 9.82. The van der Waals surface area contributed by atoms with Gasteiger partial charge in [-0.1, -0.05) is 29.3 Å². The minimum atomic E-state index is -3.78. The minimum absolute atomic E-state index is 0.0246. The van der Waals surface area contributed by atoms with Crippen molar-refractivity contribution in [2.24, 2.45) is 11.1 Å². The fraction of sp³-hybridized carbons (Fsp3) is 0.238. The monoisotopic (exact) mass is 481 g/mol. The van der Waals surface area contributed by atoms with E-state index in [9.17, 15) is 18.0 Å². The largest absolute Gasteiger partial charge is 0.339 e. The highest BCUT2D eigenvalue weighted by Crippen LogP contribution is 2.26. The zero-order chi connectivity index (χ0) is 22.6. The van der Waals surface area contributed by atoms with Gasteiger partial charge in [-0.25, -0.2) is 13.6 Å². The summed E-state index contributed by atoms with van der Waals surface area (Å²) in [5.41, 5.74) is 1.07. The highest BCUT2D eigenvalue weighted by Gasteiger charge is 2.26. The summed E-state index contributed by atoms with van der Waals surface area (Å²) in [5, 5.41) is 8.76. The van der Waals surface area contributed by atoms with Crippen LogP contribution in [0.15, 0.2) is 53.4 Å². The Morgan fingerprint density at radius 3 is 2.16 bits per heavy atom. The molecule has 0 radical (unpaired) electrons. The molecule has 31 heavy (non-hydrogen) atoms. The van der Waals surface area contributed by atoms with Gasteiger partial charge >= 0.3 is 0 Å². The maximum atomic E-state index is 12.5. The summed E-state index contributed by atoms with van der Waals surface area (Å²) in [6, 6.07) is 10.8. The van der Waals surface area contributed by atoms with Crippen LogP contribution in [0.4, 0.5) is 5.69 Å². The number of hydrogen-bond acceptors (Lipinski definition) is 4. The van der Waals surface area contributed by atoms with Gasteiger partial charge in [0.1, 0.15) is 0 Å². The molecular weight excluding hydrogens is 461 g/mol. The molecule has 0 spiro atoms. The van der Waals surface area contributed by atoms with Crippen LogP contribution in [0.25, 0.3) is 6.08 Å². The Bertz CT molecular complexity index is 1090. The molecular formula is C21H21Cl2N3O4S. The molecule has 3 rings (SSSR count). The minimum Gasteiger partial charge on any atom is -0.339 e. The Kier molecular flexibility index (Phi) is 7.38. The number of primary sulfonamides is 1. The molecule has 2 aromatic carbocycles. The average Bonchev–Trinajstić information content (AvgIpc) is 2.73. The highest BCUT2D eigenvalue weighted by molar-refractivity contribution is 7.89. The van der Waals surface area contributed by atoms with Crippen molar-refractivity contribution in [3.63, 3.8) is 0 Å². The molecule has 3 N–H and O–H groups in total. The molecule has 2 aromatic rings. The molecule has 0 saturated carbocycles. The molecule has 1 heterocycles. The SMILES string of the molecule is NS(=O)(=O)c1ccc(NC(=O)C2CCN(C(=O)C=Cc3c(Cl)cccc3Cl)CC2)cc1. The lowest BCUT2D eigenvalue weighted by atomic mass is 9.95. The van der Waals surface area contributed by atoms with Crippen LogP contribution in [-0.2, 0) is 19.6 Å². The van der Waals surface area contributed by atoms with E-state index >= 15 is 0 Å². The lowest BCUT2D eigenvalue weighted by Gasteiger charge is -2.30. The number of nitrogens with one attached hydrogen (secondary N) is 1. The van der Waals surface area contributed by atoms with Gasteiger partial charge in [-0.2, -0.15) is 0 Å². The molecule has 0 aliphatic carbocycles. The average molecular weight is 482 g/mol. The van der Waals surface area contributed by atoms with Crippen molar-refractivity contribution >= 4 is 56.8 Å². The number of carbonyl (C=O) groups is 2. The number of carbonyl (C=O) groups excluding carboxylic acids is 2. The standard InChI is InChI=1S/C21H21Cl2N3O4S/c22-18-2-1-3-19(23)17(18)8-9-20(27)26-12-10-14(11-13-26)21(28)25-15-4-6-16(7-5-15)31(24,29)30/h1-9,14H,10-13H2,(H,25,28)(H2,24,29,30). The van der Waals surface area contributed by atoms with Gasteiger partial charge in [0.15, 0.2) is 0 Å². The first-order valence-electron chi connectivity index (χ1n) is 9.50. The summed E-state index contributed by atoms with van der Waals surface area (Å²) in [7, 11) is -3.78. The first-order valence-corrected chi connectivity index (χ1v) is 11.8. The van der Waals surface area contributed by atoms with E-state index in [0.29, 0.717) is 47.2 Å². The van der Waals surface area contributed by atoms with Crippen molar-refractivity contribution in [2.75, 3.05) is 18.4 Å². The van der Waals surface area contributed by atoms with E-state index in [2.05, 4.69) is 5.32 Å². The number of anilines is 1. The van der Waals surface area contributed by atoms with Crippen molar-refractivity contribution in [3.8, 4) is 0 Å². The lowest BCUT2D eigenvalue weighted by molar-refractivity contribution is -0.130. The fourth-order valence-electron chi connectivity index (χ4n) is 3.26. The third kappa shape index (κ3) is 6.07. The Morgan fingerprint density at radius 2 is 1.61 bits per heavy atom. The zero-order valence-electron chi connectivity index (χ0n) is 16.4. The van der Waals surface area contributed by atoms with Gasteiger partial charge in [0, 0.05) is 46.4 Å². The Balaban J connectivity index is 1.53. The maximum absolute atomic E-state index is 12.5. The second-order valence-corrected chi connectivity index (χ2v) is 9.50. The summed E-state index contributed by atoms with van der Waals surface area (Å²) in [6.45, 7) is 0.893. The van der Waals surface area contributed by atoms with Crippen molar-refractivity contribution in [1.29, 1.82) is 0 Å². The topological polar surface area (TPSA) is 110 Å². The number of rotatable bonds is 5. The number of amides is 2. The van der Waals surface area contributed by atoms with E-state index in [1.54, 1.807) is 29.2 Å². The van der Waals surface area contributed by atoms with Gasteiger partial charge in [-0.05, 0) is 55.3 Å². The van der Waals surface area contributed by atoms with Crippen molar-refractivity contribution < 1.29 is 18.0 Å². The Morgan fingerprint density at radius 1 is 1.03 bits per heavy atom. The highest BCUT2D eigenvalue weighted by atomic mass is 35.5. The normalized spacial score (nSPS) is 15.3. The third-order valence-electron chi connectivity index (χ3n) is 5.02. The molecule has 1 saturated heterocycles. The summed E-state index contributed by atoms with van der Waals surface area (Å²) >= 11 is 12.2. The van der Waals surface area contributed by atoms with Gasteiger partial charge in [-0.3, -0.25) is 9.59 Å². The summed E-state index contributed by atoms with van der Waals surface area (Å²) in [5.74, 6) is -0.591. The molecule has 0 atom stereocenters. The number of nitrogens with zero attached hydrogens (tertiary/aromatic N) is 1. The van der Waals surface area contributed by atoms with Crippen LogP contribution in [0.2, 0.25) is 10.0 Å². The molecule has 1 aliphatic rings. The molecule has 0 unspecified atom stereocenters. The van der Waals surface area contributed by atoms with E-state index in [0.717, 1.165) is 0 Å². The number of halogens is 2. The zero-order valence-corrected chi connectivity index (χ0v) is 18.8. The second-order valence-electron chi connectivity index (χ2n) is 7.13. The van der Waals surface area contributed by atoms with Crippen molar-refractivity contribution in [3.05, 3.63) is 64.1 Å². The van der Waals surface area contributed by atoms with Crippen molar-refractivity contribution in [1.82, 2.24) is 4.90 Å². The van der Waals surface area contributed by atoms with Crippen LogP contribution >= 0.6 is 23.2 Å². The van der Waals surface area contributed by atoms with Crippen LogP contribution < -0.4 is 10.5 Å². The van der Waals surface area contributed by atoms with E-state index < -0.39 is 10.0 Å². The predicted molar refractivity (Wildman–Crippen MR) is 121 cm³/mol. The third-order valence-corrected chi connectivity index (χ3v) is 6.61. The van der Waals surface area contributed by atoms with Crippen LogP contribution in [0.3, 0.4) is 0 Å². The predicted octanol–water partition coefficient (Wildman–Crippen LogP) is 3.53. The molecule has 10 heteroatoms. The van der Waals surface area contributed by atoms with E-state index in [1.807, 2.05) is 0 Å². The fourth-order valence-corrected chi connectivity index (χ4v) is 4.30. The van der Waals surface area contributed by atoms with Gasteiger partial charge < -0.3 is 10.2 Å². The van der Waals surface area contributed by atoms with Gasteiger partial charge in [0.05, 0.1) is 4.90 Å². The van der Waals surface area contributed by atoms with Gasteiger partial charge in [0.25, 0.3) is 0 Å². The van der Waals surface area contributed by atoms with Gasteiger partial charge in [0.2, 0.25) is 21.8 Å². The number of piperidine rings is 1. The molecule has 1 aliphatic heterocycles. The first-order chi connectivity index (χ1) is 14.6. The van der Waals surface area contributed by atoms with Crippen molar-refractivity contribution in [2.45, 2.75) is 17.7 Å². The summed E-state index contributed by atoms with van der Waals surface area (Å²) in [6.07, 6.45) is 4.07. The first kappa shape index (κ1) is 23.3.